The highest BCUT2D eigenvalue weighted by Crippen LogP contribution is 2.20. The van der Waals surface area contributed by atoms with Crippen LogP contribution in [0, 0.1) is 3.57 Å². The Morgan fingerprint density at radius 1 is 1.23 bits per heavy atom. The predicted molar refractivity (Wildman–Crippen MR) is 114 cm³/mol. The smallest absolute Gasteiger partial charge is 0.260 e. The fourth-order valence-electron chi connectivity index (χ4n) is 1.95. The largest absolute Gasteiger partial charge is 0.271 e. The molecule has 0 aromatic heterocycles. The Morgan fingerprint density at radius 3 is 2.46 bits per heavy atom. The molecule has 0 radical (unpaired) electrons. The van der Waals surface area contributed by atoms with Crippen molar-refractivity contribution in [3.05, 3.63) is 61.6 Å². The zero-order valence-electron chi connectivity index (χ0n) is 13.5. The lowest BCUT2D eigenvalue weighted by Crippen LogP contribution is -2.39. The van der Waals surface area contributed by atoms with E-state index in [0.29, 0.717) is 21.3 Å². The van der Waals surface area contributed by atoms with Crippen LogP contribution in [0.15, 0.2) is 47.6 Å². The van der Waals surface area contributed by atoms with Gasteiger partial charge in [0.15, 0.2) is 0 Å². The summed E-state index contributed by atoms with van der Waals surface area (Å²) in [6.45, 7) is -0.398. The van der Waals surface area contributed by atoms with Crippen molar-refractivity contribution < 1.29 is 13.2 Å². The number of carbonyl (C=O) groups excluding carboxylic acids is 1. The van der Waals surface area contributed by atoms with Crippen LogP contribution in [0.1, 0.15) is 5.56 Å². The van der Waals surface area contributed by atoms with Crippen LogP contribution in [0.4, 0.5) is 5.69 Å². The van der Waals surface area contributed by atoms with Crippen LogP contribution in [0.3, 0.4) is 0 Å². The van der Waals surface area contributed by atoms with Gasteiger partial charge in [-0.05, 0) is 59.0 Å². The van der Waals surface area contributed by atoms with Gasteiger partial charge in [-0.15, -0.1) is 0 Å². The van der Waals surface area contributed by atoms with E-state index in [1.807, 2.05) is 0 Å². The number of sulfonamides is 1. The van der Waals surface area contributed by atoms with Crippen molar-refractivity contribution in [3.8, 4) is 0 Å². The highest BCUT2D eigenvalue weighted by molar-refractivity contribution is 14.1. The summed E-state index contributed by atoms with van der Waals surface area (Å²) in [6.07, 6.45) is 2.39. The fraction of sp³-hybridized carbons (Fsp3) is 0.125. The number of benzene rings is 2. The third-order valence-corrected chi connectivity index (χ3v) is 5.58. The van der Waals surface area contributed by atoms with Gasteiger partial charge >= 0.3 is 0 Å². The van der Waals surface area contributed by atoms with Gasteiger partial charge in [-0.2, -0.15) is 5.10 Å². The van der Waals surface area contributed by atoms with Gasteiger partial charge in [0.05, 0.1) is 23.2 Å². The third-order valence-electron chi connectivity index (χ3n) is 3.16. The van der Waals surface area contributed by atoms with Crippen molar-refractivity contribution in [2.24, 2.45) is 5.10 Å². The second kappa shape index (κ2) is 9.03. The van der Waals surface area contributed by atoms with Crippen LogP contribution in [-0.4, -0.2) is 33.3 Å². The van der Waals surface area contributed by atoms with Crippen LogP contribution < -0.4 is 9.73 Å². The summed E-state index contributed by atoms with van der Waals surface area (Å²) in [5.41, 5.74) is 3.25. The summed E-state index contributed by atoms with van der Waals surface area (Å²) < 4.78 is 26.0. The van der Waals surface area contributed by atoms with Crippen molar-refractivity contribution in [1.82, 2.24) is 5.43 Å². The minimum Gasteiger partial charge on any atom is -0.271 e. The van der Waals surface area contributed by atoms with E-state index in [4.69, 9.17) is 23.2 Å². The van der Waals surface area contributed by atoms with Crippen LogP contribution >= 0.6 is 45.8 Å². The Balaban J connectivity index is 2.08. The van der Waals surface area contributed by atoms with Gasteiger partial charge in [-0.1, -0.05) is 29.3 Å². The van der Waals surface area contributed by atoms with E-state index in [9.17, 15) is 13.2 Å². The van der Waals surface area contributed by atoms with E-state index < -0.39 is 22.5 Å². The molecular formula is C16H14Cl2IN3O3S. The molecule has 1 N–H and O–H groups in total. The lowest BCUT2D eigenvalue weighted by atomic mass is 10.2. The number of amides is 1. The standard InChI is InChI=1S/C16H14Cl2IN3O3S/c1-26(24,25)22(14-6-4-13(19)5-7-14)10-16(23)21-20-9-11-2-3-12(17)8-15(11)18/h2-9H,10H2,1H3,(H,21,23)/b20-9-. The highest BCUT2D eigenvalue weighted by atomic mass is 127. The maximum Gasteiger partial charge on any atom is 0.260 e. The van der Waals surface area contributed by atoms with E-state index in [1.54, 1.807) is 42.5 Å². The first-order valence-electron chi connectivity index (χ1n) is 7.17. The van der Waals surface area contributed by atoms with Crippen LogP contribution in [0.2, 0.25) is 10.0 Å². The number of rotatable bonds is 6. The Kier molecular flexibility index (Phi) is 7.27. The zero-order valence-corrected chi connectivity index (χ0v) is 18.0. The summed E-state index contributed by atoms with van der Waals surface area (Å²) in [6, 6.07) is 11.6. The van der Waals surface area contributed by atoms with E-state index in [0.717, 1.165) is 14.1 Å². The summed E-state index contributed by atoms with van der Waals surface area (Å²) in [4.78, 5) is 12.1. The molecule has 0 atom stereocenters. The monoisotopic (exact) mass is 525 g/mol. The molecule has 0 unspecified atom stereocenters. The molecule has 0 spiro atoms. The minimum atomic E-state index is -3.63. The van der Waals surface area contributed by atoms with Gasteiger partial charge in [0.1, 0.15) is 6.54 Å². The summed E-state index contributed by atoms with van der Waals surface area (Å²) >= 11 is 13.9. The van der Waals surface area contributed by atoms with Crippen molar-refractivity contribution in [1.29, 1.82) is 0 Å². The molecule has 0 fully saturated rings. The molecular weight excluding hydrogens is 512 g/mol. The molecule has 1 amide bonds. The van der Waals surface area contributed by atoms with E-state index in [2.05, 4.69) is 33.1 Å². The van der Waals surface area contributed by atoms with Gasteiger partial charge in [-0.25, -0.2) is 13.8 Å². The van der Waals surface area contributed by atoms with Crippen molar-refractivity contribution in [2.75, 3.05) is 17.1 Å². The molecule has 26 heavy (non-hydrogen) atoms. The number of halogens is 3. The molecule has 0 aliphatic rings. The average molecular weight is 526 g/mol. The Morgan fingerprint density at radius 2 is 1.88 bits per heavy atom. The Hall–Kier alpha value is -1.36. The molecule has 0 saturated carbocycles. The van der Waals surface area contributed by atoms with Crippen molar-refractivity contribution >= 4 is 73.6 Å². The second-order valence-electron chi connectivity index (χ2n) is 5.21. The summed E-state index contributed by atoms with van der Waals surface area (Å²) in [5.74, 6) is -0.588. The van der Waals surface area contributed by atoms with Gasteiger partial charge in [0.25, 0.3) is 5.91 Å². The zero-order chi connectivity index (χ0) is 19.3. The molecule has 2 aromatic rings. The summed E-state index contributed by atoms with van der Waals surface area (Å²) in [5, 5.41) is 4.67. The number of nitrogens with one attached hydrogen (secondary N) is 1. The first-order valence-corrected chi connectivity index (χ1v) is 10.9. The molecule has 0 aliphatic heterocycles. The SMILES string of the molecule is CS(=O)(=O)N(CC(=O)N/N=C\c1ccc(Cl)cc1Cl)c1ccc(I)cc1. The molecule has 6 nitrogen and oxygen atoms in total. The topological polar surface area (TPSA) is 78.8 Å². The van der Waals surface area contributed by atoms with E-state index >= 15 is 0 Å². The predicted octanol–water partition coefficient (Wildman–Crippen LogP) is 3.51. The summed E-state index contributed by atoms with van der Waals surface area (Å²) in [7, 11) is -3.63. The maximum atomic E-state index is 12.1. The van der Waals surface area contributed by atoms with Crippen LogP contribution in [0.5, 0.6) is 0 Å². The van der Waals surface area contributed by atoms with Gasteiger partial charge in [0, 0.05) is 14.2 Å². The molecule has 0 heterocycles. The molecule has 138 valence electrons. The van der Waals surface area contributed by atoms with Gasteiger partial charge in [0.2, 0.25) is 10.0 Å². The molecule has 2 rings (SSSR count). The van der Waals surface area contributed by atoms with Crippen LogP contribution in [-0.2, 0) is 14.8 Å². The first-order chi connectivity index (χ1) is 12.2. The molecule has 10 heteroatoms. The normalized spacial score (nSPS) is 11.5. The van der Waals surface area contributed by atoms with E-state index in [1.165, 1.54) is 6.21 Å². The van der Waals surface area contributed by atoms with Crippen molar-refractivity contribution in [3.63, 3.8) is 0 Å². The number of hydrazone groups is 1. The number of nitrogens with zero attached hydrogens (tertiary/aromatic N) is 2. The molecule has 2 aromatic carbocycles. The Labute approximate surface area is 175 Å². The highest BCUT2D eigenvalue weighted by Gasteiger charge is 2.20. The molecule has 0 aliphatic carbocycles. The second-order valence-corrected chi connectivity index (χ2v) is 9.20. The number of anilines is 1. The molecule has 0 bridgehead atoms. The Bertz CT molecular complexity index is 934. The van der Waals surface area contributed by atoms with Gasteiger partial charge in [-0.3, -0.25) is 9.10 Å². The maximum absolute atomic E-state index is 12.1. The quantitative estimate of drug-likeness (QED) is 0.356. The number of hydrogen-bond donors (Lipinski definition) is 1. The van der Waals surface area contributed by atoms with E-state index in [-0.39, 0.29) is 0 Å². The van der Waals surface area contributed by atoms with Crippen LogP contribution in [0.25, 0.3) is 0 Å². The average Bonchev–Trinajstić information content (AvgIpc) is 2.55. The number of carbonyl (C=O) groups is 1. The minimum absolute atomic E-state index is 0.382. The lowest BCUT2D eigenvalue weighted by Gasteiger charge is -2.21. The van der Waals surface area contributed by atoms with Gasteiger partial charge < -0.3 is 0 Å². The first kappa shape index (κ1) is 20.9. The third kappa shape index (κ3) is 6.11. The molecule has 0 saturated heterocycles. The fourth-order valence-corrected chi connectivity index (χ4v) is 3.63. The lowest BCUT2D eigenvalue weighted by molar-refractivity contribution is -0.119. The number of hydrogen-bond acceptors (Lipinski definition) is 4. The van der Waals surface area contributed by atoms with Crippen molar-refractivity contribution in [2.45, 2.75) is 0 Å².